The molecule has 2 N–H and O–H groups in total. The molecule has 0 atom stereocenters. The molecule has 20 heavy (non-hydrogen) atoms. The predicted molar refractivity (Wildman–Crippen MR) is 83.3 cm³/mol. The van der Waals surface area contributed by atoms with Gasteiger partial charge in [-0.05, 0) is 53.0 Å². The second-order valence-corrected chi connectivity index (χ2v) is 5.94. The summed E-state index contributed by atoms with van der Waals surface area (Å²) in [6.45, 7) is 5.28. The van der Waals surface area contributed by atoms with Crippen LogP contribution in [0.2, 0.25) is 0 Å². The summed E-state index contributed by atoms with van der Waals surface area (Å²) in [7, 11) is 0. The molecule has 0 amide bonds. The average Bonchev–Trinajstić information content (AvgIpc) is 2.40. The fourth-order valence-corrected chi connectivity index (χ4v) is 2.31. The summed E-state index contributed by atoms with van der Waals surface area (Å²) in [5.74, 6) is 0. The van der Waals surface area contributed by atoms with Gasteiger partial charge in [0.05, 0.1) is 6.61 Å². The van der Waals surface area contributed by atoms with Gasteiger partial charge in [-0.1, -0.05) is 30.9 Å². The average molecular weight is 363 g/mol. The van der Waals surface area contributed by atoms with Crippen LogP contribution in [0.15, 0.2) is 33.6 Å². The van der Waals surface area contributed by atoms with Crippen molar-refractivity contribution in [3.8, 4) is 0 Å². The molecule has 1 rings (SSSR count). The van der Waals surface area contributed by atoms with Crippen molar-refractivity contribution in [1.82, 2.24) is 10.2 Å². The van der Waals surface area contributed by atoms with E-state index < -0.39 is 6.16 Å². The lowest BCUT2D eigenvalue weighted by Crippen LogP contribution is -2.25. The zero-order chi connectivity index (χ0) is 14.8. The van der Waals surface area contributed by atoms with Gasteiger partial charge in [-0.3, -0.25) is 0 Å². The lowest BCUT2D eigenvalue weighted by molar-refractivity contribution is 0.0415. The zero-order valence-corrected chi connectivity index (χ0v) is 13.9. The van der Waals surface area contributed by atoms with Crippen molar-refractivity contribution in [3.63, 3.8) is 0 Å². The Morgan fingerprint density at radius 2 is 2.15 bits per heavy atom. The number of hydrogen-bond donors (Lipinski definition) is 2. The first kappa shape index (κ1) is 17.3. The molecule has 5 nitrogen and oxygen atoms in total. The standard InChI is InChI=1S/C13H19BrN2O3S/c1-10(2)15-8-5-9-18-13(17)19-16-20-12-7-4-3-6-11(12)14/h3-4,6-7,10,15-16H,5,8-9H2,1-2H3. The molecular weight excluding hydrogens is 344 g/mol. The van der Waals surface area contributed by atoms with Crippen molar-refractivity contribution in [2.24, 2.45) is 0 Å². The van der Waals surface area contributed by atoms with E-state index in [-0.39, 0.29) is 0 Å². The van der Waals surface area contributed by atoms with Crippen molar-refractivity contribution in [3.05, 3.63) is 28.7 Å². The number of carbonyl (C=O) groups excluding carboxylic acids is 1. The number of ether oxygens (including phenoxy) is 1. The van der Waals surface area contributed by atoms with Crippen LogP contribution in [0.1, 0.15) is 20.3 Å². The Labute approximate surface area is 132 Å². The quantitative estimate of drug-likeness (QED) is 0.319. The maximum atomic E-state index is 11.3. The van der Waals surface area contributed by atoms with Gasteiger partial charge in [-0.15, -0.1) is 0 Å². The summed E-state index contributed by atoms with van der Waals surface area (Å²) in [5.41, 5.74) is 0. The first-order chi connectivity index (χ1) is 9.59. The molecule has 0 radical (unpaired) electrons. The summed E-state index contributed by atoms with van der Waals surface area (Å²) in [6.07, 6.45) is 0.0269. The van der Waals surface area contributed by atoms with E-state index in [0.717, 1.165) is 22.3 Å². The van der Waals surface area contributed by atoms with Gasteiger partial charge in [0.15, 0.2) is 0 Å². The minimum Gasteiger partial charge on any atom is -0.433 e. The van der Waals surface area contributed by atoms with Crippen LogP contribution < -0.4 is 10.2 Å². The third kappa shape index (κ3) is 7.74. The van der Waals surface area contributed by atoms with E-state index in [4.69, 9.17) is 9.57 Å². The molecule has 0 aliphatic carbocycles. The van der Waals surface area contributed by atoms with E-state index in [1.807, 2.05) is 24.3 Å². The van der Waals surface area contributed by atoms with E-state index in [2.05, 4.69) is 40.0 Å². The van der Waals surface area contributed by atoms with Gasteiger partial charge in [-0.25, -0.2) is 4.79 Å². The highest BCUT2D eigenvalue weighted by Crippen LogP contribution is 2.24. The van der Waals surface area contributed by atoms with E-state index in [9.17, 15) is 4.79 Å². The third-order valence-electron chi connectivity index (χ3n) is 2.21. The molecule has 0 aromatic heterocycles. The molecule has 0 fully saturated rings. The van der Waals surface area contributed by atoms with Crippen LogP contribution in [-0.2, 0) is 9.57 Å². The van der Waals surface area contributed by atoms with Crippen LogP contribution in [0.4, 0.5) is 4.79 Å². The van der Waals surface area contributed by atoms with Crippen molar-refractivity contribution in [1.29, 1.82) is 0 Å². The Bertz CT molecular complexity index is 418. The van der Waals surface area contributed by atoms with Gasteiger partial charge in [0.1, 0.15) is 0 Å². The van der Waals surface area contributed by atoms with Gasteiger partial charge in [0.2, 0.25) is 0 Å². The minimum atomic E-state index is -0.728. The minimum absolute atomic E-state index is 0.333. The van der Waals surface area contributed by atoms with Crippen molar-refractivity contribution < 1.29 is 14.4 Å². The van der Waals surface area contributed by atoms with Crippen molar-refractivity contribution in [2.75, 3.05) is 13.2 Å². The van der Waals surface area contributed by atoms with Crippen LogP contribution in [0.5, 0.6) is 0 Å². The third-order valence-corrected chi connectivity index (χ3v) is 3.90. The molecular formula is C13H19BrN2O3S. The molecule has 0 unspecified atom stereocenters. The second-order valence-electron chi connectivity index (χ2n) is 4.28. The number of benzene rings is 1. The highest BCUT2D eigenvalue weighted by molar-refractivity contribution is 9.10. The molecule has 0 saturated carbocycles. The molecule has 7 heteroatoms. The molecule has 1 aromatic rings. The van der Waals surface area contributed by atoms with Gasteiger partial charge in [0.25, 0.3) is 0 Å². The Kier molecular flexibility index (Phi) is 8.68. The lowest BCUT2D eigenvalue weighted by Gasteiger charge is -2.09. The summed E-state index contributed by atoms with van der Waals surface area (Å²) < 4.78 is 5.83. The number of hydrogen-bond acceptors (Lipinski definition) is 6. The summed E-state index contributed by atoms with van der Waals surface area (Å²) in [4.78, 5) is 19.4. The molecule has 0 spiro atoms. The van der Waals surface area contributed by atoms with Gasteiger partial charge in [0, 0.05) is 15.4 Å². The molecule has 1 aromatic carbocycles. The summed E-state index contributed by atoms with van der Waals surface area (Å²) >= 11 is 4.59. The number of nitrogens with one attached hydrogen (secondary N) is 2. The van der Waals surface area contributed by atoms with E-state index >= 15 is 0 Å². The Hall–Kier alpha value is -0.760. The Morgan fingerprint density at radius 1 is 1.40 bits per heavy atom. The SMILES string of the molecule is CC(C)NCCCOC(=O)ONSc1ccccc1Br. The molecule has 0 heterocycles. The maximum Gasteiger partial charge on any atom is 0.528 e. The first-order valence-electron chi connectivity index (χ1n) is 6.33. The zero-order valence-electron chi connectivity index (χ0n) is 11.5. The van der Waals surface area contributed by atoms with Crippen LogP contribution in [0, 0.1) is 0 Å². The second kappa shape index (κ2) is 10.0. The normalized spacial score (nSPS) is 10.6. The summed E-state index contributed by atoms with van der Waals surface area (Å²) in [5, 5.41) is 3.23. The number of carbonyl (C=O) groups is 1. The first-order valence-corrected chi connectivity index (χ1v) is 7.94. The van der Waals surface area contributed by atoms with E-state index in [1.165, 1.54) is 11.9 Å². The predicted octanol–water partition coefficient (Wildman–Crippen LogP) is 3.50. The highest BCUT2D eigenvalue weighted by Gasteiger charge is 2.05. The molecule has 112 valence electrons. The lowest BCUT2D eigenvalue weighted by atomic mass is 10.3. The smallest absolute Gasteiger partial charge is 0.433 e. The fraction of sp³-hybridized carbons (Fsp3) is 0.462. The molecule has 0 aliphatic rings. The van der Waals surface area contributed by atoms with Crippen LogP contribution in [0.3, 0.4) is 0 Å². The highest BCUT2D eigenvalue weighted by atomic mass is 79.9. The Morgan fingerprint density at radius 3 is 2.85 bits per heavy atom. The summed E-state index contributed by atoms with van der Waals surface area (Å²) in [6, 6.07) is 8.05. The van der Waals surface area contributed by atoms with Gasteiger partial charge < -0.3 is 14.9 Å². The topological polar surface area (TPSA) is 59.6 Å². The Balaban J connectivity index is 2.07. The van der Waals surface area contributed by atoms with Crippen LogP contribution in [-0.4, -0.2) is 25.3 Å². The van der Waals surface area contributed by atoms with Crippen LogP contribution >= 0.6 is 27.9 Å². The van der Waals surface area contributed by atoms with Crippen molar-refractivity contribution >= 4 is 34.0 Å². The number of halogens is 1. The molecule has 0 aliphatic heterocycles. The van der Waals surface area contributed by atoms with Crippen molar-refractivity contribution in [2.45, 2.75) is 31.2 Å². The van der Waals surface area contributed by atoms with E-state index in [1.54, 1.807) is 0 Å². The van der Waals surface area contributed by atoms with E-state index in [0.29, 0.717) is 12.6 Å². The number of rotatable bonds is 8. The molecule has 0 saturated heterocycles. The van der Waals surface area contributed by atoms with Crippen LogP contribution in [0.25, 0.3) is 0 Å². The molecule has 0 bridgehead atoms. The fourth-order valence-electron chi connectivity index (χ4n) is 1.28. The largest absolute Gasteiger partial charge is 0.528 e. The monoisotopic (exact) mass is 362 g/mol. The maximum absolute atomic E-state index is 11.3. The van der Waals surface area contributed by atoms with Gasteiger partial charge in [-0.2, -0.15) is 0 Å². The van der Waals surface area contributed by atoms with Gasteiger partial charge >= 0.3 is 6.16 Å².